The summed E-state index contributed by atoms with van der Waals surface area (Å²) in [7, 11) is 0. The van der Waals surface area contributed by atoms with Crippen molar-refractivity contribution in [1.82, 2.24) is 4.90 Å². The van der Waals surface area contributed by atoms with Crippen LogP contribution in [-0.4, -0.2) is 41.8 Å². The van der Waals surface area contributed by atoms with E-state index in [-0.39, 0.29) is 13.2 Å². The molecule has 0 bridgehead atoms. The summed E-state index contributed by atoms with van der Waals surface area (Å²) in [6.45, 7) is 2.62. The van der Waals surface area contributed by atoms with Gasteiger partial charge in [0.25, 0.3) is 0 Å². The topological polar surface area (TPSA) is 76.1 Å². The maximum atomic E-state index is 11.3. The second kappa shape index (κ2) is 6.27. The van der Waals surface area contributed by atoms with Gasteiger partial charge in [0.2, 0.25) is 0 Å². The number of hydrogen-bond acceptors (Lipinski definition) is 4. The van der Waals surface area contributed by atoms with Gasteiger partial charge in [0.1, 0.15) is 5.75 Å². The Balaban J connectivity index is 2.11. The van der Waals surface area contributed by atoms with Crippen molar-refractivity contribution in [2.75, 3.05) is 19.8 Å². The minimum atomic E-state index is -0.948. The lowest BCUT2D eigenvalue weighted by Crippen LogP contribution is -2.35. The number of nitrogens with zero attached hydrogens (tertiary/aromatic N) is 1. The Morgan fingerprint density at radius 3 is 2.90 bits per heavy atom. The highest BCUT2D eigenvalue weighted by molar-refractivity contribution is 5.71. The number of carbonyl (C=O) groups excluding carboxylic acids is 1. The van der Waals surface area contributed by atoms with Crippen molar-refractivity contribution in [3.63, 3.8) is 0 Å². The van der Waals surface area contributed by atoms with E-state index in [1.807, 2.05) is 12.1 Å². The van der Waals surface area contributed by atoms with Crippen LogP contribution in [-0.2, 0) is 22.5 Å². The average Bonchev–Trinajstić information content (AvgIpc) is 2.44. The Kier molecular flexibility index (Phi) is 4.45. The van der Waals surface area contributed by atoms with Crippen molar-refractivity contribution in [3.05, 3.63) is 29.3 Å². The highest BCUT2D eigenvalue weighted by Gasteiger charge is 2.23. The van der Waals surface area contributed by atoms with E-state index >= 15 is 0 Å². The van der Waals surface area contributed by atoms with Gasteiger partial charge in [-0.2, -0.15) is 0 Å². The monoisotopic (exact) mass is 279 g/mol. The first-order chi connectivity index (χ1) is 9.61. The molecule has 0 fully saturated rings. The van der Waals surface area contributed by atoms with Crippen LogP contribution in [0.4, 0.5) is 4.79 Å². The molecule has 0 aromatic heterocycles. The number of carbonyl (C=O) groups is 2. The van der Waals surface area contributed by atoms with Crippen LogP contribution in [0.3, 0.4) is 0 Å². The van der Waals surface area contributed by atoms with Crippen molar-refractivity contribution in [1.29, 1.82) is 0 Å². The van der Waals surface area contributed by atoms with E-state index in [2.05, 4.69) is 0 Å². The molecule has 0 aliphatic carbocycles. The lowest BCUT2D eigenvalue weighted by Gasteiger charge is -2.27. The van der Waals surface area contributed by atoms with Crippen LogP contribution >= 0.6 is 0 Å². The number of hydrogen-bond donors (Lipinski definition) is 1. The van der Waals surface area contributed by atoms with Crippen molar-refractivity contribution >= 4 is 12.1 Å². The molecule has 2 rings (SSSR count). The molecule has 1 heterocycles. The van der Waals surface area contributed by atoms with Crippen molar-refractivity contribution < 1.29 is 24.2 Å². The molecule has 1 aromatic carbocycles. The van der Waals surface area contributed by atoms with Gasteiger partial charge in [0, 0.05) is 12.1 Å². The van der Waals surface area contributed by atoms with Crippen LogP contribution in [0.1, 0.15) is 18.1 Å². The van der Waals surface area contributed by atoms with Crippen LogP contribution in [0, 0.1) is 0 Å². The normalized spacial score (nSPS) is 13.6. The first-order valence-corrected chi connectivity index (χ1v) is 6.49. The summed E-state index contributed by atoms with van der Waals surface area (Å²) in [4.78, 5) is 23.7. The summed E-state index contributed by atoms with van der Waals surface area (Å²) < 4.78 is 10.3. The van der Waals surface area contributed by atoms with Gasteiger partial charge >= 0.3 is 12.1 Å². The predicted octanol–water partition coefficient (Wildman–Crippen LogP) is 1.66. The van der Waals surface area contributed by atoms with Gasteiger partial charge in [0.05, 0.1) is 13.2 Å². The van der Waals surface area contributed by atoms with E-state index in [1.165, 1.54) is 4.90 Å². The fourth-order valence-electron chi connectivity index (χ4n) is 2.19. The Morgan fingerprint density at radius 1 is 1.40 bits per heavy atom. The van der Waals surface area contributed by atoms with Crippen LogP contribution in [0.15, 0.2) is 18.2 Å². The minimum Gasteiger partial charge on any atom is -0.482 e. The maximum Gasteiger partial charge on any atom is 0.407 e. The molecule has 6 nitrogen and oxygen atoms in total. The zero-order valence-electron chi connectivity index (χ0n) is 11.3. The zero-order valence-corrected chi connectivity index (χ0v) is 11.3. The highest BCUT2D eigenvalue weighted by atomic mass is 16.6. The average molecular weight is 279 g/mol. The molecule has 6 heteroatoms. The second-order valence-electron chi connectivity index (χ2n) is 4.44. The number of carboxylic acid groups (broad SMARTS) is 1. The molecule has 0 saturated carbocycles. The van der Waals surface area contributed by atoms with Crippen LogP contribution in [0.2, 0.25) is 0 Å². The zero-order chi connectivity index (χ0) is 14.5. The van der Waals surface area contributed by atoms with E-state index in [9.17, 15) is 9.59 Å². The first-order valence-electron chi connectivity index (χ1n) is 6.49. The fourth-order valence-corrected chi connectivity index (χ4v) is 2.19. The van der Waals surface area contributed by atoms with Gasteiger partial charge in [-0.15, -0.1) is 0 Å². The largest absolute Gasteiger partial charge is 0.482 e. The molecular formula is C14H17NO5. The quantitative estimate of drug-likeness (QED) is 0.848. The maximum absolute atomic E-state index is 11.3. The number of amides is 1. The van der Waals surface area contributed by atoms with Crippen molar-refractivity contribution in [2.24, 2.45) is 0 Å². The smallest absolute Gasteiger partial charge is 0.407 e. The minimum absolute atomic E-state index is 0.169. The van der Waals surface area contributed by atoms with Gasteiger partial charge in [0.15, 0.2) is 6.61 Å². The lowest BCUT2D eigenvalue weighted by atomic mass is 9.99. The Labute approximate surface area is 116 Å². The highest BCUT2D eigenvalue weighted by Crippen LogP contribution is 2.28. The van der Waals surface area contributed by atoms with Gasteiger partial charge in [-0.3, -0.25) is 0 Å². The third-order valence-electron chi connectivity index (χ3n) is 3.15. The van der Waals surface area contributed by atoms with Gasteiger partial charge in [-0.05, 0) is 25.0 Å². The second-order valence-corrected chi connectivity index (χ2v) is 4.44. The Hall–Kier alpha value is -2.24. The molecule has 0 spiro atoms. The Bertz CT molecular complexity index is 514. The molecule has 1 aliphatic heterocycles. The predicted molar refractivity (Wildman–Crippen MR) is 70.7 cm³/mol. The molecule has 1 aliphatic rings. The SMILES string of the molecule is CCOC(=O)COc1cccc2c1CN(C(=O)O)CC2. The van der Waals surface area contributed by atoms with Crippen LogP contribution in [0.5, 0.6) is 5.75 Å². The molecule has 20 heavy (non-hydrogen) atoms. The van der Waals surface area contributed by atoms with Crippen molar-refractivity contribution in [3.8, 4) is 5.75 Å². The molecule has 0 unspecified atom stereocenters. The number of benzene rings is 1. The fraction of sp³-hybridized carbons (Fsp3) is 0.429. The summed E-state index contributed by atoms with van der Waals surface area (Å²) >= 11 is 0. The molecule has 1 N–H and O–H groups in total. The van der Waals surface area contributed by atoms with E-state index in [1.54, 1.807) is 13.0 Å². The first kappa shape index (κ1) is 14.2. The summed E-state index contributed by atoms with van der Waals surface area (Å²) in [5.74, 6) is 0.109. The summed E-state index contributed by atoms with van der Waals surface area (Å²) in [6, 6.07) is 5.53. The summed E-state index contributed by atoms with van der Waals surface area (Å²) in [6.07, 6.45) is -0.297. The van der Waals surface area contributed by atoms with Crippen molar-refractivity contribution in [2.45, 2.75) is 19.9 Å². The molecule has 0 atom stereocenters. The third-order valence-corrected chi connectivity index (χ3v) is 3.15. The molecule has 1 amide bonds. The lowest BCUT2D eigenvalue weighted by molar-refractivity contribution is -0.145. The van der Waals surface area contributed by atoms with E-state index < -0.39 is 12.1 Å². The number of esters is 1. The number of ether oxygens (including phenoxy) is 2. The van der Waals surface area contributed by atoms with Crippen LogP contribution < -0.4 is 4.74 Å². The van der Waals surface area contributed by atoms with Crippen LogP contribution in [0.25, 0.3) is 0 Å². The standard InChI is InChI=1S/C14H17NO5/c1-2-19-13(16)9-20-12-5-3-4-10-6-7-15(14(17)18)8-11(10)12/h3-5H,2,6-9H2,1H3,(H,17,18). The van der Waals surface area contributed by atoms with E-state index in [0.717, 1.165) is 11.1 Å². The molecule has 0 radical (unpaired) electrons. The van der Waals surface area contributed by atoms with E-state index in [4.69, 9.17) is 14.6 Å². The molecule has 108 valence electrons. The van der Waals surface area contributed by atoms with Gasteiger partial charge < -0.3 is 19.5 Å². The van der Waals surface area contributed by atoms with E-state index in [0.29, 0.717) is 25.3 Å². The molecule has 1 aromatic rings. The van der Waals surface area contributed by atoms with Gasteiger partial charge in [-0.25, -0.2) is 9.59 Å². The third kappa shape index (κ3) is 3.20. The number of rotatable bonds is 4. The summed E-state index contributed by atoms with van der Waals surface area (Å²) in [5, 5.41) is 9.05. The molecule has 0 saturated heterocycles. The Morgan fingerprint density at radius 2 is 2.20 bits per heavy atom. The number of fused-ring (bicyclic) bond motifs is 1. The summed E-state index contributed by atoms with van der Waals surface area (Å²) in [5.41, 5.74) is 1.88. The van der Waals surface area contributed by atoms with Gasteiger partial charge in [-0.1, -0.05) is 12.1 Å². The molecular weight excluding hydrogens is 262 g/mol.